The number of hydrogen-bond acceptors (Lipinski definition) is 2. The molecule has 5 nitrogen and oxygen atoms in total. The molecule has 2 aromatic carbocycles. The van der Waals surface area contributed by atoms with E-state index in [9.17, 15) is 4.79 Å². The van der Waals surface area contributed by atoms with Gasteiger partial charge in [0.2, 0.25) is 0 Å². The second kappa shape index (κ2) is 9.33. The van der Waals surface area contributed by atoms with Crippen molar-refractivity contribution in [3.05, 3.63) is 83.2 Å². The molecular weight excluding hydrogens is 348 g/mol. The number of carbonyl (C=O) groups is 1. The van der Waals surface area contributed by atoms with Crippen LogP contribution in [0.1, 0.15) is 41.0 Å². The molecule has 146 valence electrons. The van der Waals surface area contributed by atoms with E-state index in [2.05, 4.69) is 42.5 Å². The predicted octanol–water partition coefficient (Wildman–Crippen LogP) is 2.54. The summed E-state index contributed by atoms with van der Waals surface area (Å²) in [6.07, 6.45) is 1.77. The van der Waals surface area contributed by atoms with Gasteiger partial charge < -0.3 is 10.2 Å². The Labute approximate surface area is 167 Å². The van der Waals surface area contributed by atoms with Crippen molar-refractivity contribution in [2.45, 2.75) is 33.9 Å². The first-order valence-electron chi connectivity index (χ1n) is 9.92. The summed E-state index contributed by atoms with van der Waals surface area (Å²) in [5.41, 5.74) is 5.14. The van der Waals surface area contributed by atoms with E-state index in [0.717, 1.165) is 31.0 Å². The van der Waals surface area contributed by atoms with Gasteiger partial charge in [0.15, 0.2) is 0 Å². The first-order chi connectivity index (χ1) is 13.6. The molecule has 0 spiro atoms. The minimum absolute atomic E-state index is 0.0614. The molecule has 0 saturated heterocycles. The topological polar surface area (TPSA) is 51.4 Å². The normalized spacial score (nSPS) is 11.0. The molecule has 1 aromatic heterocycles. The first-order valence-corrected chi connectivity index (χ1v) is 9.92. The van der Waals surface area contributed by atoms with Gasteiger partial charge in [0.25, 0.3) is 5.91 Å². The van der Waals surface area contributed by atoms with Crippen LogP contribution in [0, 0.1) is 6.92 Å². The lowest BCUT2D eigenvalue weighted by molar-refractivity contribution is -0.910. The molecular formula is C23H29N4O+. The molecule has 0 aliphatic rings. The van der Waals surface area contributed by atoms with Crippen LogP contribution in [0.15, 0.2) is 60.8 Å². The average molecular weight is 378 g/mol. The minimum atomic E-state index is -0.0614. The molecule has 0 saturated carbocycles. The smallest absolute Gasteiger partial charge is 0.251 e. The number of aromatic nitrogens is 2. The highest BCUT2D eigenvalue weighted by molar-refractivity contribution is 5.94. The molecule has 3 aromatic rings. The summed E-state index contributed by atoms with van der Waals surface area (Å²) in [7, 11) is 0. The van der Waals surface area contributed by atoms with Crippen molar-refractivity contribution in [3.8, 4) is 5.69 Å². The van der Waals surface area contributed by atoms with Gasteiger partial charge in [0.1, 0.15) is 6.54 Å². The predicted molar refractivity (Wildman–Crippen MR) is 112 cm³/mol. The highest BCUT2D eigenvalue weighted by Crippen LogP contribution is 2.12. The third-order valence-corrected chi connectivity index (χ3v) is 5.20. The lowest BCUT2D eigenvalue weighted by Crippen LogP contribution is -3.10. The Morgan fingerprint density at radius 1 is 1.00 bits per heavy atom. The Kier molecular flexibility index (Phi) is 6.61. The molecule has 3 rings (SSSR count). The van der Waals surface area contributed by atoms with Crippen LogP contribution in [0.25, 0.3) is 5.69 Å². The zero-order valence-electron chi connectivity index (χ0n) is 16.9. The number of nitrogens with one attached hydrogen (secondary N) is 2. The van der Waals surface area contributed by atoms with E-state index in [1.807, 2.05) is 48.0 Å². The molecule has 28 heavy (non-hydrogen) atoms. The Balaban J connectivity index is 1.65. The van der Waals surface area contributed by atoms with Crippen LogP contribution in [-0.4, -0.2) is 28.8 Å². The molecule has 0 radical (unpaired) electrons. The van der Waals surface area contributed by atoms with Crippen molar-refractivity contribution in [2.75, 3.05) is 13.1 Å². The van der Waals surface area contributed by atoms with Crippen LogP contribution >= 0.6 is 0 Å². The summed E-state index contributed by atoms with van der Waals surface area (Å²) >= 11 is 0. The Morgan fingerprint density at radius 3 is 2.29 bits per heavy atom. The SMILES string of the molecule is CC[NH+](CC)Cc1ccccc1CNC(=O)c1ccc(-n2nccc2C)cc1. The summed E-state index contributed by atoms with van der Waals surface area (Å²) in [4.78, 5) is 14.1. The number of rotatable bonds is 8. The second-order valence-corrected chi connectivity index (χ2v) is 7.02. The van der Waals surface area contributed by atoms with E-state index >= 15 is 0 Å². The molecule has 0 aliphatic heterocycles. The van der Waals surface area contributed by atoms with Gasteiger partial charge in [-0.2, -0.15) is 5.10 Å². The third kappa shape index (κ3) is 4.67. The zero-order valence-corrected chi connectivity index (χ0v) is 16.9. The van der Waals surface area contributed by atoms with Gasteiger partial charge in [0, 0.05) is 29.6 Å². The van der Waals surface area contributed by atoms with Crippen molar-refractivity contribution in [3.63, 3.8) is 0 Å². The van der Waals surface area contributed by atoms with Crippen molar-refractivity contribution in [1.29, 1.82) is 0 Å². The molecule has 0 bridgehead atoms. The van der Waals surface area contributed by atoms with Gasteiger partial charge >= 0.3 is 0 Å². The van der Waals surface area contributed by atoms with E-state index in [-0.39, 0.29) is 5.91 Å². The molecule has 1 amide bonds. The van der Waals surface area contributed by atoms with E-state index in [4.69, 9.17) is 0 Å². The summed E-state index contributed by atoms with van der Waals surface area (Å²) in [5, 5.41) is 7.36. The molecule has 0 atom stereocenters. The standard InChI is InChI=1S/C23H28N4O/c1-4-26(5-2)17-21-9-7-6-8-20(21)16-24-23(28)19-10-12-22(13-11-19)27-18(3)14-15-25-27/h6-15H,4-5,16-17H2,1-3H3,(H,24,28)/p+1. The monoisotopic (exact) mass is 377 g/mol. The van der Waals surface area contributed by atoms with Gasteiger partial charge in [-0.05, 0) is 56.7 Å². The minimum Gasteiger partial charge on any atom is -0.348 e. The zero-order chi connectivity index (χ0) is 19.9. The second-order valence-electron chi connectivity index (χ2n) is 7.02. The molecule has 5 heteroatoms. The first kappa shape index (κ1) is 19.8. The molecule has 0 unspecified atom stereocenters. The summed E-state index contributed by atoms with van der Waals surface area (Å²) < 4.78 is 1.85. The lowest BCUT2D eigenvalue weighted by Gasteiger charge is -2.18. The highest BCUT2D eigenvalue weighted by Gasteiger charge is 2.11. The fourth-order valence-electron chi connectivity index (χ4n) is 3.34. The lowest BCUT2D eigenvalue weighted by atomic mass is 10.1. The Morgan fingerprint density at radius 2 is 1.68 bits per heavy atom. The fourth-order valence-corrected chi connectivity index (χ4v) is 3.34. The number of nitrogens with zero attached hydrogens (tertiary/aromatic N) is 2. The number of carbonyl (C=O) groups excluding carboxylic acids is 1. The van der Waals surface area contributed by atoms with E-state index < -0.39 is 0 Å². The number of benzene rings is 2. The van der Waals surface area contributed by atoms with Gasteiger partial charge in [-0.15, -0.1) is 0 Å². The number of quaternary nitrogens is 1. The number of amides is 1. The van der Waals surface area contributed by atoms with Crippen molar-refractivity contribution < 1.29 is 9.69 Å². The van der Waals surface area contributed by atoms with Crippen molar-refractivity contribution in [2.24, 2.45) is 0 Å². The van der Waals surface area contributed by atoms with E-state index in [0.29, 0.717) is 12.1 Å². The van der Waals surface area contributed by atoms with E-state index in [1.54, 1.807) is 6.20 Å². The maximum atomic E-state index is 12.6. The van der Waals surface area contributed by atoms with Crippen LogP contribution in [0.2, 0.25) is 0 Å². The fraction of sp³-hybridized carbons (Fsp3) is 0.304. The van der Waals surface area contributed by atoms with Crippen LogP contribution in [0.4, 0.5) is 0 Å². The summed E-state index contributed by atoms with van der Waals surface area (Å²) in [6, 6.07) is 17.9. The quantitative estimate of drug-likeness (QED) is 0.634. The third-order valence-electron chi connectivity index (χ3n) is 5.20. The Bertz CT molecular complexity index is 910. The van der Waals surface area contributed by atoms with Crippen molar-refractivity contribution in [1.82, 2.24) is 15.1 Å². The Hall–Kier alpha value is -2.92. The van der Waals surface area contributed by atoms with E-state index in [1.165, 1.54) is 16.0 Å². The van der Waals surface area contributed by atoms with Crippen LogP contribution in [0.3, 0.4) is 0 Å². The van der Waals surface area contributed by atoms with Gasteiger partial charge in [-0.3, -0.25) is 4.79 Å². The molecule has 2 N–H and O–H groups in total. The van der Waals surface area contributed by atoms with Crippen molar-refractivity contribution >= 4 is 5.91 Å². The molecule has 1 heterocycles. The number of aryl methyl sites for hydroxylation is 1. The largest absolute Gasteiger partial charge is 0.348 e. The maximum absolute atomic E-state index is 12.6. The van der Waals surface area contributed by atoms with Crippen LogP contribution in [0.5, 0.6) is 0 Å². The van der Waals surface area contributed by atoms with Crippen LogP contribution < -0.4 is 10.2 Å². The molecule has 0 aliphatic carbocycles. The van der Waals surface area contributed by atoms with Gasteiger partial charge in [0.05, 0.1) is 18.8 Å². The van der Waals surface area contributed by atoms with Gasteiger partial charge in [-0.25, -0.2) is 4.68 Å². The van der Waals surface area contributed by atoms with Gasteiger partial charge in [-0.1, -0.05) is 24.3 Å². The summed E-state index contributed by atoms with van der Waals surface area (Å²) in [5.74, 6) is -0.0614. The maximum Gasteiger partial charge on any atom is 0.251 e. The highest BCUT2D eigenvalue weighted by atomic mass is 16.1. The molecule has 0 fully saturated rings. The summed E-state index contributed by atoms with van der Waals surface area (Å²) in [6.45, 7) is 10.1. The number of hydrogen-bond donors (Lipinski definition) is 2. The van der Waals surface area contributed by atoms with Crippen LogP contribution in [-0.2, 0) is 13.1 Å². The average Bonchev–Trinajstić information content (AvgIpc) is 3.17.